The molecule has 0 unspecified atom stereocenters. The Morgan fingerprint density at radius 1 is 1.25 bits per heavy atom. The zero-order valence-electron chi connectivity index (χ0n) is 12.3. The summed E-state index contributed by atoms with van der Waals surface area (Å²) in [4.78, 5) is 0.361. The van der Waals surface area contributed by atoms with Gasteiger partial charge in [-0.05, 0) is 39.3 Å². The van der Waals surface area contributed by atoms with Crippen molar-refractivity contribution in [2.24, 2.45) is 0 Å². The second-order valence-corrected chi connectivity index (χ2v) is 7.73. The number of hydrogen-bond acceptors (Lipinski definition) is 2. The Bertz CT molecular complexity index is 546. The molecule has 0 atom stereocenters. The van der Waals surface area contributed by atoms with Crippen LogP contribution in [0.3, 0.4) is 0 Å². The van der Waals surface area contributed by atoms with Gasteiger partial charge in [-0.25, -0.2) is 8.42 Å². The summed E-state index contributed by atoms with van der Waals surface area (Å²) < 4.78 is 26.8. The van der Waals surface area contributed by atoms with Crippen molar-refractivity contribution in [3.63, 3.8) is 0 Å². The molecule has 5 heteroatoms. The number of hydrogen-bond donors (Lipinski definition) is 0. The lowest BCUT2D eigenvalue weighted by molar-refractivity contribution is 0.442. The molecule has 0 saturated carbocycles. The molecule has 0 heterocycles. The molecule has 0 fully saturated rings. The molecule has 0 radical (unpaired) electrons. The maximum Gasteiger partial charge on any atom is 0.243 e. The largest absolute Gasteiger partial charge is 0.243 e. The van der Waals surface area contributed by atoms with Gasteiger partial charge in [-0.2, -0.15) is 4.31 Å². The molecule has 0 bridgehead atoms. The Balaban J connectivity index is 3.03. The average molecular weight is 360 g/mol. The van der Waals surface area contributed by atoms with E-state index in [1.807, 2.05) is 39.0 Å². The molecular formula is C15H22BrNO2S. The maximum absolute atomic E-state index is 12.6. The minimum Gasteiger partial charge on any atom is -0.207 e. The predicted molar refractivity (Wildman–Crippen MR) is 87.8 cm³/mol. The third kappa shape index (κ3) is 5.04. The van der Waals surface area contributed by atoms with Gasteiger partial charge in [0.05, 0.1) is 4.90 Å². The van der Waals surface area contributed by atoms with Crippen LogP contribution in [0.1, 0.15) is 25.8 Å². The predicted octanol–water partition coefficient (Wildman–Crippen LogP) is 3.74. The summed E-state index contributed by atoms with van der Waals surface area (Å²) in [5, 5.41) is 0.793. The van der Waals surface area contributed by atoms with E-state index < -0.39 is 10.0 Å². The van der Waals surface area contributed by atoms with Crippen molar-refractivity contribution in [3.05, 3.63) is 41.5 Å². The van der Waals surface area contributed by atoms with Crippen molar-refractivity contribution in [1.82, 2.24) is 4.31 Å². The Kier molecular flexibility index (Phi) is 6.92. The molecule has 0 N–H and O–H groups in total. The molecule has 3 nitrogen and oxygen atoms in total. The molecule has 0 amide bonds. The molecule has 112 valence electrons. The second-order valence-electron chi connectivity index (χ2n) is 5.00. The molecule has 1 aromatic rings. The minimum atomic E-state index is -3.42. The zero-order chi connectivity index (χ0) is 15.2. The van der Waals surface area contributed by atoms with Gasteiger partial charge in [0.1, 0.15) is 0 Å². The summed E-state index contributed by atoms with van der Waals surface area (Å²) in [6.07, 6.45) is 2.74. The molecule has 1 rings (SSSR count). The van der Waals surface area contributed by atoms with Crippen LogP contribution in [-0.4, -0.2) is 31.1 Å². The molecule has 0 aliphatic rings. The molecule has 0 spiro atoms. The van der Waals surface area contributed by atoms with Crippen molar-refractivity contribution < 1.29 is 8.42 Å². The molecule has 0 saturated heterocycles. The van der Waals surface area contributed by atoms with Crippen molar-refractivity contribution in [3.8, 4) is 0 Å². The summed E-state index contributed by atoms with van der Waals surface area (Å²) in [5.41, 5.74) is 2.17. The third-order valence-electron chi connectivity index (χ3n) is 2.90. The molecule has 0 aromatic heterocycles. The van der Waals surface area contributed by atoms with Gasteiger partial charge in [0.2, 0.25) is 10.0 Å². The first-order valence-electron chi connectivity index (χ1n) is 6.64. The van der Waals surface area contributed by atoms with Crippen molar-refractivity contribution in [2.75, 3.05) is 18.4 Å². The number of rotatable bonds is 7. The molecule has 0 aliphatic carbocycles. The van der Waals surface area contributed by atoms with E-state index in [0.717, 1.165) is 22.9 Å². The first-order chi connectivity index (χ1) is 9.37. The van der Waals surface area contributed by atoms with Gasteiger partial charge in [-0.15, -0.1) is 0 Å². The number of alkyl halides is 1. The van der Waals surface area contributed by atoms with Gasteiger partial charge in [-0.3, -0.25) is 0 Å². The van der Waals surface area contributed by atoms with Crippen molar-refractivity contribution in [1.29, 1.82) is 0 Å². The van der Waals surface area contributed by atoms with Gasteiger partial charge in [0.15, 0.2) is 0 Å². The number of benzene rings is 1. The SMILES string of the molecule is CC(C)=CCN(CCCBr)S(=O)(=O)c1ccc(C)cc1. The highest BCUT2D eigenvalue weighted by atomic mass is 79.9. The van der Waals surface area contributed by atoms with Gasteiger partial charge < -0.3 is 0 Å². The zero-order valence-corrected chi connectivity index (χ0v) is 14.7. The topological polar surface area (TPSA) is 37.4 Å². The highest BCUT2D eigenvalue weighted by Crippen LogP contribution is 2.17. The Morgan fingerprint density at radius 3 is 2.35 bits per heavy atom. The van der Waals surface area contributed by atoms with E-state index in [1.165, 1.54) is 4.31 Å². The first-order valence-corrected chi connectivity index (χ1v) is 9.20. The average Bonchev–Trinajstić information content (AvgIpc) is 2.38. The minimum absolute atomic E-state index is 0.361. The van der Waals surface area contributed by atoms with Gasteiger partial charge in [0, 0.05) is 18.4 Å². The number of allylic oxidation sites excluding steroid dienone is 1. The maximum atomic E-state index is 12.6. The standard InChI is InChI=1S/C15H22BrNO2S/c1-13(2)9-12-17(11-4-10-16)20(18,19)15-7-5-14(3)6-8-15/h5-9H,4,10-12H2,1-3H3. The van der Waals surface area contributed by atoms with Gasteiger partial charge in [0.25, 0.3) is 0 Å². The fraction of sp³-hybridized carbons (Fsp3) is 0.467. The van der Waals surface area contributed by atoms with Crippen LogP contribution in [0, 0.1) is 6.92 Å². The highest BCUT2D eigenvalue weighted by Gasteiger charge is 2.22. The van der Waals surface area contributed by atoms with E-state index in [2.05, 4.69) is 15.9 Å². The van der Waals surface area contributed by atoms with Crippen LogP contribution < -0.4 is 0 Å². The second kappa shape index (κ2) is 7.96. The molecule has 20 heavy (non-hydrogen) atoms. The summed E-state index contributed by atoms with van der Waals surface area (Å²) in [7, 11) is -3.42. The number of aryl methyl sites for hydroxylation is 1. The van der Waals surface area contributed by atoms with Crippen LogP contribution in [0.4, 0.5) is 0 Å². The van der Waals surface area contributed by atoms with E-state index >= 15 is 0 Å². The van der Waals surface area contributed by atoms with E-state index in [1.54, 1.807) is 12.1 Å². The Morgan fingerprint density at radius 2 is 1.85 bits per heavy atom. The number of nitrogens with zero attached hydrogens (tertiary/aromatic N) is 1. The summed E-state index contributed by atoms with van der Waals surface area (Å²) in [6.45, 7) is 6.83. The van der Waals surface area contributed by atoms with E-state index in [-0.39, 0.29) is 0 Å². The quantitative estimate of drug-likeness (QED) is 0.549. The lowest BCUT2D eigenvalue weighted by atomic mass is 10.2. The van der Waals surface area contributed by atoms with Crippen LogP contribution in [-0.2, 0) is 10.0 Å². The molecule has 0 aliphatic heterocycles. The summed E-state index contributed by atoms with van der Waals surface area (Å²) >= 11 is 3.35. The number of halogens is 1. The van der Waals surface area contributed by atoms with Crippen LogP contribution in [0.25, 0.3) is 0 Å². The monoisotopic (exact) mass is 359 g/mol. The van der Waals surface area contributed by atoms with Crippen molar-refractivity contribution in [2.45, 2.75) is 32.1 Å². The Labute approximate surface area is 130 Å². The lowest BCUT2D eigenvalue weighted by Gasteiger charge is -2.20. The lowest BCUT2D eigenvalue weighted by Crippen LogP contribution is -2.32. The van der Waals surface area contributed by atoms with E-state index in [4.69, 9.17) is 0 Å². The van der Waals surface area contributed by atoms with Gasteiger partial charge in [-0.1, -0.05) is 45.3 Å². The third-order valence-corrected chi connectivity index (χ3v) is 5.34. The van der Waals surface area contributed by atoms with E-state index in [0.29, 0.717) is 18.0 Å². The Hall–Kier alpha value is -0.650. The number of sulfonamides is 1. The van der Waals surface area contributed by atoms with Crippen LogP contribution in [0.15, 0.2) is 40.8 Å². The van der Waals surface area contributed by atoms with Crippen LogP contribution in [0.2, 0.25) is 0 Å². The van der Waals surface area contributed by atoms with E-state index in [9.17, 15) is 8.42 Å². The van der Waals surface area contributed by atoms with Crippen molar-refractivity contribution >= 4 is 26.0 Å². The highest BCUT2D eigenvalue weighted by molar-refractivity contribution is 9.09. The fourth-order valence-electron chi connectivity index (χ4n) is 1.69. The first kappa shape index (κ1) is 17.4. The smallest absolute Gasteiger partial charge is 0.207 e. The fourth-order valence-corrected chi connectivity index (χ4v) is 3.36. The summed E-state index contributed by atoms with van der Waals surface area (Å²) in [6, 6.07) is 7.01. The van der Waals surface area contributed by atoms with Crippen LogP contribution in [0.5, 0.6) is 0 Å². The normalized spacial score (nSPS) is 11.7. The molecular weight excluding hydrogens is 338 g/mol. The molecule has 1 aromatic carbocycles. The summed E-state index contributed by atoms with van der Waals surface area (Å²) in [5.74, 6) is 0. The van der Waals surface area contributed by atoms with Gasteiger partial charge >= 0.3 is 0 Å². The van der Waals surface area contributed by atoms with Crippen LogP contribution >= 0.6 is 15.9 Å².